The number of thioether (sulfide) groups is 1. The Morgan fingerprint density at radius 3 is 2.05 bits per heavy atom. The highest BCUT2D eigenvalue weighted by atomic mass is 32.2. The Morgan fingerprint density at radius 1 is 1.16 bits per heavy atom. The van der Waals surface area contributed by atoms with Crippen molar-refractivity contribution in [2.24, 2.45) is 5.73 Å². The molecule has 2 N–H and O–H groups in total. The third-order valence-corrected chi connectivity index (χ3v) is 4.41. The molecule has 1 aromatic rings. The van der Waals surface area contributed by atoms with Gasteiger partial charge >= 0.3 is 6.18 Å². The van der Waals surface area contributed by atoms with Crippen LogP contribution >= 0.6 is 11.8 Å². The molecule has 19 heavy (non-hydrogen) atoms. The Labute approximate surface area is 116 Å². The summed E-state index contributed by atoms with van der Waals surface area (Å²) in [7, 11) is 0. The summed E-state index contributed by atoms with van der Waals surface area (Å²) in [6.45, 7) is 5.77. The Hall–Kier alpha value is -0.680. The first-order chi connectivity index (χ1) is 8.75. The van der Waals surface area contributed by atoms with Gasteiger partial charge in [-0.1, -0.05) is 32.9 Å². The van der Waals surface area contributed by atoms with Gasteiger partial charge in [0, 0.05) is 10.9 Å². The highest BCUT2D eigenvalue weighted by Crippen LogP contribution is 2.37. The van der Waals surface area contributed by atoms with Gasteiger partial charge in [-0.3, -0.25) is 0 Å². The first-order valence-electron chi connectivity index (χ1n) is 6.34. The molecule has 0 bridgehead atoms. The predicted octanol–water partition coefficient (Wildman–Crippen LogP) is 4.57. The fourth-order valence-corrected chi connectivity index (χ4v) is 2.78. The first-order valence-corrected chi connectivity index (χ1v) is 7.22. The third-order valence-electron chi connectivity index (χ3n) is 2.99. The molecular formula is C14H20F3NS. The van der Waals surface area contributed by atoms with Crippen LogP contribution in [0.3, 0.4) is 0 Å². The zero-order valence-electron chi connectivity index (χ0n) is 11.4. The van der Waals surface area contributed by atoms with Crippen LogP contribution < -0.4 is 5.73 Å². The lowest BCUT2D eigenvalue weighted by atomic mass is 10.0. The summed E-state index contributed by atoms with van der Waals surface area (Å²) in [6, 6.07) is 6.34. The normalized spacial score (nSPS) is 15.6. The Balaban J connectivity index is 2.85. The van der Waals surface area contributed by atoms with Gasteiger partial charge in [-0.25, -0.2) is 0 Å². The molecule has 0 radical (unpaired) electrons. The van der Waals surface area contributed by atoms with Gasteiger partial charge in [0.2, 0.25) is 0 Å². The van der Waals surface area contributed by atoms with E-state index in [1.165, 1.54) is 0 Å². The van der Waals surface area contributed by atoms with Crippen molar-refractivity contribution in [3.05, 3.63) is 29.8 Å². The zero-order valence-corrected chi connectivity index (χ0v) is 12.2. The molecule has 1 nitrogen and oxygen atoms in total. The predicted molar refractivity (Wildman–Crippen MR) is 74.5 cm³/mol. The molecule has 0 aliphatic carbocycles. The van der Waals surface area contributed by atoms with E-state index in [0.29, 0.717) is 17.2 Å². The van der Waals surface area contributed by atoms with E-state index in [2.05, 4.69) is 0 Å². The lowest BCUT2D eigenvalue weighted by molar-refractivity contribution is -0.132. The fraction of sp³-hybridized carbons (Fsp3) is 0.571. The van der Waals surface area contributed by atoms with Gasteiger partial charge in [-0.15, -0.1) is 11.8 Å². The molecule has 1 aromatic carbocycles. The van der Waals surface area contributed by atoms with E-state index >= 15 is 0 Å². The summed E-state index contributed by atoms with van der Waals surface area (Å²) in [5.41, 5.74) is 6.71. The van der Waals surface area contributed by atoms with Gasteiger partial charge in [0.25, 0.3) is 0 Å². The molecule has 5 heteroatoms. The lowest BCUT2D eigenvalue weighted by Gasteiger charge is -2.25. The molecule has 0 heterocycles. The van der Waals surface area contributed by atoms with Crippen LogP contribution in [0.4, 0.5) is 13.2 Å². The Kier molecular flexibility index (Phi) is 5.74. The highest BCUT2D eigenvalue weighted by Gasteiger charge is 2.43. The standard InChI is InChI=1S/C14H20F3NS/c1-4-12(18)13(14(15,16)17)19-11-7-5-10(6-8-11)9(2)3/h5-9,12-13H,4,18H2,1-3H3. The maximum absolute atomic E-state index is 12.9. The van der Waals surface area contributed by atoms with Gasteiger partial charge in [0.1, 0.15) is 5.25 Å². The molecule has 108 valence electrons. The van der Waals surface area contributed by atoms with E-state index in [9.17, 15) is 13.2 Å². The number of nitrogens with two attached hydrogens (primary N) is 1. The number of hydrogen-bond acceptors (Lipinski definition) is 2. The van der Waals surface area contributed by atoms with Crippen molar-refractivity contribution in [2.45, 2.75) is 55.5 Å². The van der Waals surface area contributed by atoms with Gasteiger partial charge < -0.3 is 5.73 Å². The minimum atomic E-state index is -4.28. The van der Waals surface area contributed by atoms with Crippen LogP contribution in [0.2, 0.25) is 0 Å². The van der Waals surface area contributed by atoms with Crippen LogP contribution in [0.5, 0.6) is 0 Å². The van der Waals surface area contributed by atoms with Crippen LogP contribution in [0.15, 0.2) is 29.2 Å². The van der Waals surface area contributed by atoms with Gasteiger partial charge in [0.05, 0.1) is 0 Å². The maximum atomic E-state index is 12.9. The Bertz CT molecular complexity index is 387. The molecule has 0 aliphatic heterocycles. The summed E-state index contributed by atoms with van der Waals surface area (Å²) >= 11 is 0.799. The van der Waals surface area contributed by atoms with Gasteiger partial charge in [-0.2, -0.15) is 13.2 Å². The van der Waals surface area contributed by atoms with Crippen molar-refractivity contribution in [1.29, 1.82) is 0 Å². The largest absolute Gasteiger partial charge is 0.402 e. The average Bonchev–Trinajstić information content (AvgIpc) is 2.34. The Morgan fingerprint density at radius 2 is 1.68 bits per heavy atom. The lowest BCUT2D eigenvalue weighted by Crippen LogP contribution is -2.42. The molecule has 0 spiro atoms. The van der Waals surface area contributed by atoms with E-state index in [1.807, 2.05) is 26.0 Å². The van der Waals surface area contributed by atoms with Gasteiger partial charge in [0.15, 0.2) is 0 Å². The molecule has 2 atom stereocenters. The number of rotatable bonds is 5. The molecule has 1 rings (SSSR count). The van der Waals surface area contributed by atoms with Crippen molar-refractivity contribution >= 4 is 11.8 Å². The van der Waals surface area contributed by atoms with Crippen LogP contribution in [0.25, 0.3) is 0 Å². The second-order valence-electron chi connectivity index (χ2n) is 4.88. The monoisotopic (exact) mass is 291 g/mol. The quantitative estimate of drug-likeness (QED) is 0.804. The number of hydrogen-bond donors (Lipinski definition) is 1. The van der Waals surface area contributed by atoms with E-state index in [-0.39, 0.29) is 0 Å². The third kappa shape index (κ3) is 4.73. The average molecular weight is 291 g/mol. The van der Waals surface area contributed by atoms with E-state index in [4.69, 9.17) is 5.73 Å². The van der Waals surface area contributed by atoms with Crippen LogP contribution in [-0.2, 0) is 0 Å². The molecular weight excluding hydrogens is 271 g/mol. The number of halogens is 3. The van der Waals surface area contributed by atoms with Crippen LogP contribution in [0, 0.1) is 0 Å². The molecule has 0 aromatic heterocycles. The van der Waals surface area contributed by atoms with E-state index < -0.39 is 17.5 Å². The van der Waals surface area contributed by atoms with Crippen molar-refractivity contribution in [3.63, 3.8) is 0 Å². The van der Waals surface area contributed by atoms with Crippen LogP contribution in [0.1, 0.15) is 38.7 Å². The topological polar surface area (TPSA) is 26.0 Å². The van der Waals surface area contributed by atoms with Gasteiger partial charge in [-0.05, 0) is 30.0 Å². The van der Waals surface area contributed by atoms with Crippen molar-refractivity contribution in [1.82, 2.24) is 0 Å². The smallest absolute Gasteiger partial charge is 0.326 e. The molecule has 0 fully saturated rings. The fourth-order valence-electron chi connectivity index (χ4n) is 1.69. The second kappa shape index (κ2) is 6.66. The SMILES string of the molecule is CCC(N)C(Sc1ccc(C(C)C)cc1)C(F)(F)F. The molecule has 0 aliphatic rings. The zero-order chi connectivity index (χ0) is 14.6. The van der Waals surface area contributed by atoms with E-state index in [1.54, 1.807) is 19.1 Å². The summed E-state index contributed by atoms with van der Waals surface area (Å²) in [6.07, 6.45) is -3.97. The minimum Gasteiger partial charge on any atom is -0.326 e. The van der Waals surface area contributed by atoms with Crippen LogP contribution in [-0.4, -0.2) is 17.5 Å². The van der Waals surface area contributed by atoms with Crippen molar-refractivity contribution < 1.29 is 13.2 Å². The van der Waals surface area contributed by atoms with Crippen molar-refractivity contribution in [2.75, 3.05) is 0 Å². The summed E-state index contributed by atoms with van der Waals surface area (Å²) < 4.78 is 38.8. The number of alkyl halides is 3. The first kappa shape index (κ1) is 16.4. The summed E-state index contributed by atoms with van der Waals surface area (Å²) in [5.74, 6) is 0.371. The number of benzene rings is 1. The molecule has 0 saturated heterocycles. The summed E-state index contributed by atoms with van der Waals surface area (Å²) in [5, 5.41) is -1.55. The molecule has 0 amide bonds. The molecule has 2 unspecified atom stereocenters. The maximum Gasteiger partial charge on any atom is 0.402 e. The van der Waals surface area contributed by atoms with Crippen molar-refractivity contribution in [3.8, 4) is 0 Å². The molecule has 0 saturated carbocycles. The minimum absolute atomic E-state index is 0.307. The second-order valence-corrected chi connectivity index (χ2v) is 6.09. The highest BCUT2D eigenvalue weighted by molar-refractivity contribution is 8.00. The van der Waals surface area contributed by atoms with E-state index in [0.717, 1.165) is 17.3 Å². The summed E-state index contributed by atoms with van der Waals surface area (Å²) in [4.78, 5) is 0.607.